The molecular formula is C19H19N3O3. The third-order valence-corrected chi connectivity index (χ3v) is 4.14. The Morgan fingerprint density at radius 3 is 2.24 bits per heavy atom. The van der Waals surface area contributed by atoms with Crippen LogP contribution in [0.15, 0.2) is 42.5 Å². The third-order valence-electron chi connectivity index (χ3n) is 4.14. The Hall–Kier alpha value is -3.02. The molecule has 2 amide bonds. The van der Waals surface area contributed by atoms with E-state index in [1.807, 2.05) is 0 Å². The van der Waals surface area contributed by atoms with Crippen LogP contribution in [0.1, 0.15) is 51.1 Å². The monoisotopic (exact) mass is 337 g/mol. The van der Waals surface area contributed by atoms with Gasteiger partial charge in [0.1, 0.15) is 11.4 Å². The number of benzene rings is 1. The van der Waals surface area contributed by atoms with Crippen LogP contribution in [0.5, 0.6) is 0 Å². The minimum atomic E-state index is -0.397. The van der Waals surface area contributed by atoms with Gasteiger partial charge in [-0.05, 0) is 56.2 Å². The van der Waals surface area contributed by atoms with Crippen molar-refractivity contribution in [3.05, 3.63) is 59.4 Å². The first-order valence-electron chi connectivity index (χ1n) is 8.23. The molecule has 1 saturated heterocycles. The molecule has 3 rings (SSSR count). The molecule has 6 nitrogen and oxygen atoms in total. The molecule has 1 aromatic heterocycles. The van der Waals surface area contributed by atoms with Gasteiger partial charge in [-0.25, -0.2) is 4.98 Å². The quantitative estimate of drug-likeness (QED) is 0.870. The van der Waals surface area contributed by atoms with E-state index >= 15 is 0 Å². The topological polar surface area (TPSA) is 79.4 Å². The van der Waals surface area contributed by atoms with E-state index < -0.39 is 5.91 Å². The number of Topliss-reactive ketones (excluding diaryl/α,β-unsaturated/α-hetero) is 1. The largest absolute Gasteiger partial charge is 0.337 e. The molecule has 0 unspecified atom stereocenters. The number of nitrogens with one attached hydrogen (secondary N) is 1. The van der Waals surface area contributed by atoms with Crippen LogP contribution in [0.25, 0.3) is 0 Å². The number of carbonyl (C=O) groups is 3. The smallest absolute Gasteiger partial charge is 0.274 e. The van der Waals surface area contributed by atoms with Crippen LogP contribution >= 0.6 is 0 Å². The lowest BCUT2D eigenvalue weighted by atomic mass is 10.1. The first-order valence-corrected chi connectivity index (χ1v) is 8.23. The molecule has 0 atom stereocenters. The molecule has 1 aromatic carbocycles. The second-order valence-electron chi connectivity index (χ2n) is 6.00. The maximum Gasteiger partial charge on any atom is 0.274 e. The molecule has 0 saturated carbocycles. The summed E-state index contributed by atoms with van der Waals surface area (Å²) in [6.07, 6.45) is 2.00. The summed E-state index contributed by atoms with van der Waals surface area (Å²) >= 11 is 0. The molecule has 1 aliphatic heterocycles. The van der Waals surface area contributed by atoms with Gasteiger partial charge in [0.05, 0.1) is 0 Å². The highest BCUT2D eigenvalue weighted by Gasteiger charge is 2.21. The first-order chi connectivity index (χ1) is 12.0. The molecule has 0 bridgehead atoms. The number of ketones is 1. The van der Waals surface area contributed by atoms with E-state index in [4.69, 9.17) is 0 Å². The molecule has 6 heteroatoms. The number of hydrogen-bond acceptors (Lipinski definition) is 4. The third kappa shape index (κ3) is 3.91. The number of rotatable bonds is 4. The zero-order valence-electron chi connectivity index (χ0n) is 14.0. The number of anilines is 1. The van der Waals surface area contributed by atoms with E-state index in [1.54, 1.807) is 47.4 Å². The van der Waals surface area contributed by atoms with Gasteiger partial charge in [0.15, 0.2) is 5.78 Å². The number of pyridine rings is 1. The lowest BCUT2D eigenvalue weighted by molar-refractivity contribution is 0.0786. The van der Waals surface area contributed by atoms with Gasteiger partial charge in [-0.2, -0.15) is 0 Å². The standard InChI is InChI=1S/C19H19N3O3/c1-13(23)14-7-9-15(10-8-14)20-18(24)16-5-4-6-17(21-16)19(25)22-11-2-3-12-22/h4-10H,2-3,11-12H2,1H3,(H,20,24). The van der Waals surface area contributed by atoms with Crippen molar-refractivity contribution in [2.24, 2.45) is 0 Å². The van der Waals surface area contributed by atoms with Crippen molar-refractivity contribution in [1.29, 1.82) is 0 Å². The first kappa shape index (κ1) is 16.8. The molecule has 2 aromatic rings. The normalized spacial score (nSPS) is 13.6. The average molecular weight is 337 g/mol. The fraction of sp³-hybridized carbons (Fsp3) is 0.263. The fourth-order valence-corrected chi connectivity index (χ4v) is 2.75. The summed E-state index contributed by atoms with van der Waals surface area (Å²) in [5.74, 6) is -0.572. The molecule has 0 spiro atoms. The maximum atomic E-state index is 12.4. The summed E-state index contributed by atoms with van der Waals surface area (Å²) in [6, 6.07) is 11.5. The number of carbonyl (C=O) groups excluding carboxylic acids is 3. The van der Waals surface area contributed by atoms with Gasteiger partial charge in [0, 0.05) is 24.3 Å². The van der Waals surface area contributed by atoms with Crippen molar-refractivity contribution < 1.29 is 14.4 Å². The van der Waals surface area contributed by atoms with E-state index in [1.165, 1.54) is 6.92 Å². The number of amides is 2. The van der Waals surface area contributed by atoms with Gasteiger partial charge in [0.2, 0.25) is 0 Å². The Bertz CT molecular complexity index is 809. The highest BCUT2D eigenvalue weighted by atomic mass is 16.2. The van der Waals surface area contributed by atoms with Crippen molar-refractivity contribution in [3.63, 3.8) is 0 Å². The SMILES string of the molecule is CC(=O)c1ccc(NC(=O)c2cccc(C(=O)N3CCCC3)n2)cc1. The van der Waals surface area contributed by atoms with E-state index in [2.05, 4.69) is 10.3 Å². The van der Waals surface area contributed by atoms with Gasteiger partial charge in [-0.3, -0.25) is 14.4 Å². The summed E-state index contributed by atoms with van der Waals surface area (Å²) in [7, 11) is 0. The molecule has 128 valence electrons. The summed E-state index contributed by atoms with van der Waals surface area (Å²) in [5, 5.41) is 2.72. The second kappa shape index (κ2) is 7.25. The lowest BCUT2D eigenvalue weighted by Crippen LogP contribution is -2.29. The molecular weight excluding hydrogens is 318 g/mol. The van der Waals surface area contributed by atoms with Crippen LogP contribution in [-0.4, -0.2) is 40.6 Å². The van der Waals surface area contributed by atoms with Gasteiger partial charge in [0.25, 0.3) is 11.8 Å². The number of nitrogens with zero attached hydrogens (tertiary/aromatic N) is 2. The Labute approximate surface area is 145 Å². The molecule has 0 radical (unpaired) electrons. The van der Waals surface area contributed by atoms with E-state index in [0.29, 0.717) is 11.3 Å². The predicted octanol–water partition coefficient (Wildman–Crippen LogP) is 2.77. The van der Waals surface area contributed by atoms with Gasteiger partial charge >= 0.3 is 0 Å². The summed E-state index contributed by atoms with van der Waals surface area (Å²) in [4.78, 5) is 42.0. The molecule has 25 heavy (non-hydrogen) atoms. The molecule has 1 aliphatic rings. The molecule has 0 aliphatic carbocycles. The predicted molar refractivity (Wildman–Crippen MR) is 93.8 cm³/mol. The Morgan fingerprint density at radius 2 is 1.60 bits per heavy atom. The van der Waals surface area contributed by atoms with Crippen LogP contribution in [0.3, 0.4) is 0 Å². The second-order valence-corrected chi connectivity index (χ2v) is 6.00. The van der Waals surface area contributed by atoms with E-state index in [-0.39, 0.29) is 23.1 Å². The highest BCUT2D eigenvalue weighted by molar-refractivity contribution is 6.04. The van der Waals surface area contributed by atoms with Gasteiger partial charge in [-0.15, -0.1) is 0 Å². The van der Waals surface area contributed by atoms with E-state index in [0.717, 1.165) is 25.9 Å². The highest BCUT2D eigenvalue weighted by Crippen LogP contribution is 2.14. The molecule has 1 N–H and O–H groups in total. The average Bonchev–Trinajstić information content (AvgIpc) is 3.16. The fourth-order valence-electron chi connectivity index (χ4n) is 2.75. The van der Waals surface area contributed by atoms with Crippen molar-refractivity contribution in [2.75, 3.05) is 18.4 Å². The van der Waals surface area contributed by atoms with Gasteiger partial charge < -0.3 is 10.2 Å². The Morgan fingerprint density at radius 1 is 0.960 bits per heavy atom. The number of likely N-dealkylation sites (tertiary alicyclic amines) is 1. The summed E-state index contributed by atoms with van der Waals surface area (Å²) < 4.78 is 0. The van der Waals surface area contributed by atoms with Crippen LogP contribution < -0.4 is 5.32 Å². The van der Waals surface area contributed by atoms with Crippen molar-refractivity contribution in [1.82, 2.24) is 9.88 Å². The minimum absolute atomic E-state index is 0.0346. The summed E-state index contributed by atoms with van der Waals surface area (Å²) in [6.45, 7) is 2.96. The zero-order chi connectivity index (χ0) is 17.8. The minimum Gasteiger partial charge on any atom is -0.337 e. The maximum absolute atomic E-state index is 12.4. The Kier molecular flexibility index (Phi) is 4.88. The van der Waals surface area contributed by atoms with Crippen molar-refractivity contribution in [3.8, 4) is 0 Å². The van der Waals surface area contributed by atoms with Crippen molar-refractivity contribution >= 4 is 23.3 Å². The lowest BCUT2D eigenvalue weighted by Gasteiger charge is -2.14. The molecule has 1 fully saturated rings. The zero-order valence-corrected chi connectivity index (χ0v) is 14.0. The van der Waals surface area contributed by atoms with Crippen LogP contribution in [-0.2, 0) is 0 Å². The number of hydrogen-bond donors (Lipinski definition) is 1. The summed E-state index contributed by atoms with van der Waals surface area (Å²) in [5.41, 5.74) is 1.60. The van der Waals surface area contributed by atoms with E-state index in [9.17, 15) is 14.4 Å². The number of aromatic nitrogens is 1. The molecule has 2 heterocycles. The van der Waals surface area contributed by atoms with Crippen LogP contribution in [0.2, 0.25) is 0 Å². The van der Waals surface area contributed by atoms with Gasteiger partial charge in [-0.1, -0.05) is 6.07 Å². The van der Waals surface area contributed by atoms with Crippen LogP contribution in [0, 0.1) is 0 Å². The van der Waals surface area contributed by atoms with Crippen LogP contribution in [0.4, 0.5) is 5.69 Å². The Balaban J connectivity index is 1.72. The van der Waals surface area contributed by atoms with Crippen molar-refractivity contribution in [2.45, 2.75) is 19.8 Å².